The number of rotatable bonds is 7. The number of fused-ring (bicyclic) bond motifs is 1. The fourth-order valence-electron chi connectivity index (χ4n) is 3.75. The first-order chi connectivity index (χ1) is 16.6. The number of hydrogen-bond donors (Lipinski definition) is 2. The van der Waals surface area contributed by atoms with Crippen molar-refractivity contribution >= 4 is 16.9 Å². The van der Waals surface area contributed by atoms with E-state index in [1.165, 1.54) is 14.2 Å². The highest BCUT2D eigenvalue weighted by molar-refractivity contribution is 5.93. The second-order valence-corrected chi connectivity index (χ2v) is 8.69. The van der Waals surface area contributed by atoms with Gasteiger partial charge in [0.1, 0.15) is 22.5 Å². The van der Waals surface area contributed by atoms with Gasteiger partial charge < -0.3 is 24.1 Å². The van der Waals surface area contributed by atoms with Gasteiger partial charge in [0.15, 0.2) is 5.76 Å². The van der Waals surface area contributed by atoms with E-state index >= 15 is 0 Å². The maximum atomic E-state index is 13.6. The minimum atomic E-state index is -0.560. The maximum absolute atomic E-state index is 13.6. The third-order valence-electron chi connectivity index (χ3n) is 5.64. The van der Waals surface area contributed by atoms with Crippen molar-refractivity contribution in [1.29, 1.82) is 0 Å². The van der Waals surface area contributed by atoms with E-state index in [0.29, 0.717) is 23.1 Å². The molecule has 0 aliphatic rings. The zero-order chi connectivity index (χ0) is 25.9. The number of aromatic hydroxyl groups is 2. The van der Waals surface area contributed by atoms with E-state index in [9.17, 15) is 19.8 Å². The van der Waals surface area contributed by atoms with E-state index in [-0.39, 0.29) is 46.0 Å². The number of carbonyl (C=O) groups is 1. The van der Waals surface area contributed by atoms with E-state index in [4.69, 9.17) is 13.9 Å². The summed E-state index contributed by atoms with van der Waals surface area (Å²) in [6, 6.07) is 6.31. The van der Waals surface area contributed by atoms with Crippen LogP contribution in [0.25, 0.3) is 22.3 Å². The standard InChI is InChI=1S/C28H30O7/c1-15(2)7-13-19-22(29)20(14-8-16(3)4)26-21(23(19)30)24(31)27(33-5)25(35-26)17-9-11-18(12-10-17)28(32)34-6/h7-12,29-30H,13-14H2,1-6H3. The number of phenolic OH excluding ortho intramolecular Hbond substituents is 2. The van der Waals surface area contributed by atoms with Gasteiger partial charge in [-0.3, -0.25) is 4.79 Å². The van der Waals surface area contributed by atoms with Crippen LogP contribution in [0.5, 0.6) is 17.2 Å². The molecule has 0 saturated heterocycles. The van der Waals surface area contributed by atoms with Crippen molar-refractivity contribution in [2.45, 2.75) is 40.5 Å². The molecule has 0 unspecified atom stereocenters. The molecule has 0 radical (unpaired) electrons. The Labute approximate surface area is 203 Å². The molecule has 0 amide bonds. The smallest absolute Gasteiger partial charge is 0.337 e. The molecule has 2 N–H and O–H groups in total. The molecule has 0 bridgehead atoms. The highest BCUT2D eigenvalue weighted by Crippen LogP contribution is 2.42. The Morgan fingerprint density at radius 1 is 0.914 bits per heavy atom. The van der Waals surface area contributed by atoms with Gasteiger partial charge in [-0.05, 0) is 52.7 Å². The Hall–Kier alpha value is -4.00. The van der Waals surface area contributed by atoms with Gasteiger partial charge in [-0.15, -0.1) is 0 Å². The fraction of sp³-hybridized carbons (Fsp3) is 0.286. The zero-order valence-electron chi connectivity index (χ0n) is 20.8. The predicted molar refractivity (Wildman–Crippen MR) is 135 cm³/mol. The second kappa shape index (κ2) is 10.5. The molecule has 35 heavy (non-hydrogen) atoms. The number of ether oxygens (including phenoxy) is 2. The minimum Gasteiger partial charge on any atom is -0.507 e. The van der Waals surface area contributed by atoms with E-state index in [0.717, 1.165) is 11.1 Å². The molecule has 0 aliphatic heterocycles. The van der Waals surface area contributed by atoms with Crippen molar-refractivity contribution in [3.63, 3.8) is 0 Å². The predicted octanol–water partition coefficient (Wildman–Crippen LogP) is 5.68. The first-order valence-electron chi connectivity index (χ1n) is 11.2. The van der Waals surface area contributed by atoms with Gasteiger partial charge in [0.25, 0.3) is 0 Å². The third kappa shape index (κ3) is 5.09. The minimum absolute atomic E-state index is 0.0520. The van der Waals surface area contributed by atoms with Gasteiger partial charge in [0.2, 0.25) is 11.2 Å². The van der Waals surface area contributed by atoms with Gasteiger partial charge in [0, 0.05) is 16.7 Å². The van der Waals surface area contributed by atoms with Crippen LogP contribution >= 0.6 is 0 Å². The van der Waals surface area contributed by atoms with E-state index in [1.54, 1.807) is 24.3 Å². The van der Waals surface area contributed by atoms with Crippen LogP contribution in [0.1, 0.15) is 49.2 Å². The number of allylic oxidation sites excluding steroid dienone is 4. The van der Waals surface area contributed by atoms with Gasteiger partial charge >= 0.3 is 5.97 Å². The van der Waals surface area contributed by atoms with Gasteiger partial charge in [-0.2, -0.15) is 0 Å². The average molecular weight is 479 g/mol. The summed E-state index contributed by atoms with van der Waals surface area (Å²) in [5.41, 5.74) is 3.00. The molecule has 3 rings (SSSR count). The summed E-state index contributed by atoms with van der Waals surface area (Å²) in [7, 11) is 2.64. The van der Waals surface area contributed by atoms with Crippen LogP contribution in [0.2, 0.25) is 0 Å². The molecule has 7 heteroatoms. The zero-order valence-corrected chi connectivity index (χ0v) is 20.8. The van der Waals surface area contributed by atoms with Crippen molar-refractivity contribution in [3.8, 4) is 28.6 Å². The molecule has 3 aromatic rings. The van der Waals surface area contributed by atoms with Crippen molar-refractivity contribution in [2.75, 3.05) is 14.2 Å². The summed E-state index contributed by atoms with van der Waals surface area (Å²) in [5, 5.41) is 22.1. The number of esters is 1. The molecule has 1 aromatic heterocycles. The van der Waals surface area contributed by atoms with Crippen LogP contribution in [-0.2, 0) is 17.6 Å². The molecule has 0 aliphatic carbocycles. The van der Waals surface area contributed by atoms with Gasteiger partial charge in [-0.25, -0.2) is 4.79 Å². The van der Waals surface area contributed by atoms with E-state index in [1.807, 2.05) is 39.8 Å². The lowest BCUT2D eigenvalue weighted by Gasteiger charge is -2.16. The molecule has 0 spiro atoms. The molecule has 184 valence electrons. The third-order valence-corrected chi connectivity index (χ3v) is 5.64. The lowest BCUT2D eigenvalue weighted by Crippen LogP contribution is -2.10. The number of carbonyl (C=O) groups excluding carboxylic acids is 1. The monoisotopic (exact) mass is 478 g/mol. The normalized spacial score (nSPS) is 10.7. The molecular weight excluding hydrogens is 448 g/mol. The summed E-state index contributed by atoms with van der Waals surface area (Å²) in [6.45, 7) is 7.68. The van der Waals surface area contributed by atoms with Crippen LogP contribution in [0.4, 0.5) is 0 Å². The maximum Gasteiger partial charge on any atom is 0.337 e. The summed E-state index contributed by atoms with van der Waals surface area (Å²) in [5.74, 6) is -0.923. The SMILES string of the molecule is COC(=O)c1ccc(-c2oc3c(CC=C(C)C)c(O)c(CC=C(C)C)c(O)c3c(=O)c2OC)cc1. The summed E-state index contributed by atoms with van der Waals surface area (Å²) in [4.78, 5) is 25.4. The van der Waals surface area contributed by atoms with Crippen molar-refractivity contribution in [1.82, 2.24) is 0 Å². The average Bonchev–Trinajstić information content (AvgIpc) is 2.82. The Morgan fingerprint density at radius 3 is 2.00 bits per heavy atom. The molecule has 7 nitrogen and oxygen atoms in total. The Balaban J connectivity index is 2.39. The molecule has 0 atom stereocenters. The first kappa shape index (κ1) is 25.6. The number of phenols is 2. The first-order valence-corrected chi connectivity index (χ1v) is 11.2. The molecule has 0 saturated carbocycles. The number of benzene rings is 2. The molecule has 0 fully saturated rings. The second-order valence-electron chi connectivity index (χ2n) is 8.69. The molecular formula is C28H30O7. The Kier molecular flexibility index (Phi) is 7.69. The highest BCUT2D eigenvalue weighted by atomic mass is 16.5. The van der Waals surface area contributed by atoms with E-state index < -0.39 is 11.4 Å². The van der Waals surface area contributed by atoms with E-state index in [2.05, 4.69) is 0 Å². The number of methoxy groups -OCH3 is 2. The highest BCUT2D eigenvalue weighted by Gasteiger charge is 2.26. The summed E-state index contributed by atoms with van der Waals surface area (Å²) < 4.78 is 16.3. The lowest BCUT2D eigenvalue weighted by molar-refractivity contribution is 0.0600. The van der Waals surface area contributed by atoms with Crippen LogP contribution < -0.4 is 10.2 Å². The van der Waals surface area contributed by atoms with Crippen molar-refractivity contribution < 1.29 is 28.9 Å². The largest absolute Gasteiger partial charge is 0.507 e. The van der Waals surface area contributed by atoms with Crippen LogP contribution in [0.3, 0.4) is 0 Å². The van der Waals surface area contributed by atoms with Crippen LogP contribution in [-0.4, -0.2) is 30.4 Å². The summed E-state index contributed by atoms with van der Waals surface area (Å²) >= 11 is 0. The van der Waals surface area contributed by atoms with Crippen molar-refractivity contribution in [2.24, 2.45) is 0 Å². The quantitative estimate of drug-likeness (QED) is 0.332. The Morgan fingerprint density at radius 2 is 1.49 bits per heavy atom. The molecule has 1 heterocycles. The van der Waals surface area contributed by atoms with Gasteiger partial charge in [0.05, 0.1) is 19.8 Å². The Bertz CT molecular complexity index is 1380. The molecule has 2 aromatic carbocycles. The topological polar surface area (TPSA) is 106 Å². The number of hydrogen-bond acceptors (Lipinski definition) is 7. The van der Waals surface area contributed by atoms with Crippen molar-refractivity contribution in [3.05, 3.63) is 74.5 Å². The summed E-state index contributed by atoms with van der Waals surface area (Å²) in [6.07, 6.45) is 4.31. The van der Waals surface area contributed by atoms with Crippen LogP contribution in [0.15, 0.2) is 56.8 Å². The van der Waals surface area contributed by atoms with Gasteiger partial charge in [-0.1, -0.05) is 35.4 Å². The lowest BCUT2D eigenvalue weighted by atomic mass is 9.96. The van der Waals surface area contributed by atoms with Crippen LogP contribution in [0, 0.1) is 0 Å². The fourth-order valence-corrected chi connectivity index (χ4v) is 3.75.